The van der Waals surface area contributed by atoms with Gasteiger partial charge in [-0.05, 0) is 58.0 Å². The number of carbonyl (C=O) groups is 2. The molecule has 2 fully saturated rings. The number of carbonyl (C=O) groups excluding carboxylic acids is 2. The van der Waals surface area contributed by atoms with E-state index in [0.717, 1.165) is 51.9 Å². The maximum atomic E-state index is 12.0. The van der Waals surface area contributed by atoms with Gasteiger partial charge in [0.25, 0.3) is 0 Å². The fourth-order valence-corrected chi connectivity index (χ4v) is 3.51. The largest absolute Gasteiger partial charge is 0.372 e. The molecule has 120 valence electrons. The molecule has 5 heteroatoms. The van der Waals surface area contributed by atoms with E-state index in [4.69, 9.17) is 4.74 Å². The van der Waals surface area contributed by atoms with Crippen LogP contribution in [0, 0.1) is 5.41 Å². The molecule has 2 saturated heterocycles. The Labute approximate surface area is 127 Å². The molecule has 2 aliphatic heterocycles. The molecule has 0 saturated carbocycles. The zero-order valence-corrected chi connectivity index (χ0v) is 13.4. The van der Waals surface area contributed by atoms with Crippen molar-refractivity contribution in [1.29, 1.82) is 0 Å². The van der Waals surface area contributed by atoms with Crippen LogP contribution in [0.5, 0.6) is 0 Å². The van der Waals surface area contributed by atoms with Crippen molar-refractivity contribution in [3.63, 3.8) is 0 Å². The average Bonchev–Trinajstić information content (AvgIpc) is 2.48. The maximum Gasteiger partial charge on any atom is 0.248 e. The standard InChI is InChI=1S/C16H28N2O3/c1-3-21-13-15(20)18-10-6-16(7-11-18)4-8-17(9-5-16)12-14(2)19/h3-13H2,1-2H3. The first-order valence-corrected chi connectivity index (χ1v) is 8.12. The third-order valence-electron chi connectivity index (χ3n) is 4.97. The summed E-state index contributed by atoms with van der Waals surface area (Å²) in [6.07, 6.45) is 4.51. The van der Waals surface area contributed by atoms with Gasteiger partial charge in [0.05, 0.1) is 6.54 Å². The smallest absolute Gasteiger partial charge is 0.248 e. The van der Waals surface area contributed by atoms with Gasteiger partial charge < -0.3 is 9.64 Å². The molecule has 0 aromatic carbocycles. The van der Waals surface area contributed by atoms with Crippen molar-refractivity contribution < 1.29 is 14.3 Å². The molecular formula is C16H28N2O3. The number of nitrogens with zero attached hydrogens (tertiary/aromatic N) is 2. The van der Waals surface area contributed by atoms with Crippen LogP contribution in [0.2, 0.25) is 0 Å². The maximum absolute atomic E-state index is 12.0. The highest BCUT2D eigenvalue weighted by Crippen LogP contribution is 2.41. The lowest BCUT2D eigenvalue weighted by molar-refractivity contribution is -0.139. The summed E-state index contributed by atoms with van der Waals surface area (Å²) < 4.78 is 5.21. The number of rotatable bonds is 5. The van der Waals surface area contributed by atoms with Gasteiger partial charge in [-0.15, -0.1) is 0 Å². The molecule has 0 N–H and O–H groups in total. The Hall–Kier alpha value is -0.940. The van der Waals surface area contributed by atoms with E-state index in [9.17, 15) is 9.59 Å². The van der Waals surface area contributed by atoms with Crippen molar-refractivity contribution in [1.82, 2.24) is 9.80 Å². The van der Waals surface area contributed by atoms with Crippen LogP contribution >= 0.6 is 0 Å². The number of Topliss-reactive ketones (excluding diaryl/α,β-unsaturated/α-hetero) is 1. The van der Waals surface area contributed by atoms with Crippen LogP contribution < -0.4 is 0 Å². The third kappa shape index (κ3) is 4.51. The molecular weight excluding hydrogens is 268 g/mol. The van der Waals surface area contributed by atoms with Gasteiger partial charge in [-0.3, -0.25) is 14.5 Å². The normalized spacial score (nSPS) is 22.5. The summed E-state index contributed by atoms with van der Waals surface area (Å²) in [7, 11) is 0. The Balaban J connectivity index is 1.76. The lowest BCUT2D eigenvalue weighted by Crippen LogP contribution is -2.49. The Morgan fingerprint density at radius 3 is 2.14 bits per heavy atom. The van der Waals surface area contributed by atoms with E-state index in [0.29, 0.717) is 18.6 Å². The first-order chi connectivity index (χ1) is 10.0. The molecule has 0 aromatic heterocycles. The van der Waals surface area contributed by atoms with Gasteiger partial charge in [-0.1, -0.05) is 0 Å². The minimum Gasteiger partial charge on any atom is -0.372 e. The average molecular weight is 296 g/mol. The monoisotopic (exact) mass is 296 g/mol. The summed E-state index contributed by atoms with van der Waals surface area (Å²) in [5.41, 5.74) is 0.398. The minimum absolute atomic E-state index is 0.126. The molecule has 0 unspecified atom stereocenters. The number of ether oxygens (including phenoxy) is 1. The topological polar surface area (TPSA) is 49.9 Å². The molecule has 0 bridgehead atoms. The number of likely N-dealkylation sites (tertiary alicyclic amines) is 2. The fraction of sp³-hybridized carbons (Fsp3) is 0.875. The fourth-order valence-electron chi connectivity index (χ4n) is 3.51. The van der Waals surface area contributed by atoms with Crippen molar-refractivity contribution in [3.8, 4) is 0 Å². The van der Waals surface area contributed by atoms with Crippen LogP contribution in [0.3, 0.4) is 0 Å². The Morgan fingerprint density at radius 2 is 1.62 bits per heavy atom. The zero-order chi connectivity index (χ0) is 15.3. The van der Waals surface area contributed by atoms with Crippen LogP contribution in [0.25, 0.3) is 0 Å². The number of ketones is 1. The zero-order valence-electron chi connectivity index (χ0n) is 13.4. The molecule has 0 aromatic rings. The van der Waals surface area contributed by atoms with Crippen LogP contribution in [-0.4, -0.2) is 67.4 Å². The van der Waals surface area contributed by atoms with Gasteiger partial charge in [0, 0.05) is 19.7 Å². The second-order valence-electron chi connectivity index (χ2n) is 6.50. The van der Waals surface area contributed by atoms with E-state index < -0.39 is 0 Å². The minimum atomic E-state index is 0.126. The molecule has 21 heavy (non-hydrogen) atoms. The summed E-state index contributed by atoms with van der Waals surface area (Å²) in [4.78, 5) is 27.4. The summed E-state index contributed by atoms with van der Waals surface area (Å²) >= 11 is 0. The van der Waals surface area contributed by atoms with Crippen molar-refractivity contribution in [3.05, 3.63) is 0 Å². The van der Waals surface area contributed by atoms with Crippen molar-refractivity contribution in [2.45, 2.75) is 39.5 Å². The molecule has 1 amide bonds. The van der Waals surface area contributed by atoms with Crippen LogP contribution in [0.4, 0.5) is 0 Å². The van der Waals surface area contributed by atoms with E-state index in [-0.39, 0.29) is 18.3 Å². The van der Waals surface area contributed by atoms with Crippen LogP contribution in [0.15, 0.2) is 0 Å². The van der Waals surface area contributed by atoms with Gasteiger partial charge in [-0.2, -0.15) is 0 Å². The highest BCUT2D eigenvalue weighted by molar-refractivity contribution is 5.78. The summed E-state index contributed by atoms with van der Waals surface area (Å²) in [6, 6.07) is 0. The van der Waals surface area contributed by atoms with Gasteiger partial charge in [0.15, 0.2) is 0 Å². The van der Waals surface area contributed by atoms with Gasteiger partial charge in [0.2, 0.25) is 5.91 Å². The molecule has 0 atom stereocenters. The quantitative estimate of drug-likeness (QED) is 0.768. The van der Waals surface area contributed by atoms with E-state index in [2.05, 4.69) is 4.90 Å². The predicted octanol–water partition coefficient (Wildman–Crippen LogP) is 1.32. The number of hydrogen-bond donors (Lipinski definition) is 0. The number of amides is 1. The first-order valence-electron chi connectivity index (χ1n) is 8.12. The summed E-state index contributed by atoms with van der Waals surface area (Å²) in [5, 5.41) is 0. The second kappa shape index (κ2) is 7.36. The number of hydrogen-bond acceptors (Lipinski definition) is 4. The molecule has 2 heterocycles. The predicted molar refractivity (Wildman–Crippen MR) is 81.1 cm³/mol. The van der Waals surface area contributed by atoms with E-state index in [1.54, 1.807) is 6.92 Å². The van der Waals surface area contributed by atoms with Crippen LogP contribution in [0.1, 0.15) is 39.5 Å². The molecule has 2 aliphatic rings. The van der Waals surface area contributed by atoms with Gasteiger partial charge in [-0.25, -0.2) is 0 Å². The molecule has 0 radical (unpaired) electrons. The van der Waals surface area contributed by atoms with Crippen molar-refractivity contribution >= 4 is 11.7 Å². The SMILES string of the molecule is CCOCC(=O)N1CCC2(CCN(CC(C)=O)CC2)CC1. The lowest BCUT2D eigenvalue weighted by atomic mass is 9.71. The highest BCUT2D eigenvalue weighted by Gasteiger charge is 2.38. The van der Waals surface area contributed by atoms with Crippen molar-refractivity contribution in [2.24, 2.45) is 5.41 Å². The van der Waals surface area contributed by atoms with Gasteiger partial charge >= 0.3 is 0 Å². The summed E-state index contributed by atoms with van der Waals surface area (Å²) in [6.45, 7) is 8.73. The Bertz CT molecular complexity index is 366. The first kappa shape index (κ1) is 16.4. The highest BCUT2D eigenvalue weighted by atomic mass is 16.5. The number of piperidine rings is 2. The Morgan fingerprint density at radius 1 is 1.05 bits per heavy atom. The van der Waals surface area contributed by atoms with E-state index >= 15 is 0 Å². The Kier molecular flexibility index (Phi) is 5.76. The molecule has 2 rings (SSSR count). The third-order valence-corrected chi connectivity index (χ3v) is 4.97. The second-order valence-corrected chi connectivity index (χ2v) is 6.50. The van der Waals surface area contributed by atoms with Crippen LogP contribution in [-0.2, 0) is 14.3 Å². The molecule has 1 spiro atoms. The molecule has 0 aliphatic carbocycles. The van der Waals surface area contributed by atoms with E-state index in [1.807, 2.05) is 11.8 Å². The summed E-state index contributed by atoms with van der Waals surface area (Å²) in [5.74, 6) is 0.378. The van der Waals surface area contributed by atoms with E-state index in [1.165, 1.54) is 0 Å². The lowest BCUT2D eigenvalue weighted by Gasteiger charge is -2.46. The van der Waals surface area contributed by atoms with Gasteiger partial charge in [0.1, 0.15) is 12.4 Å². The molecule has 5 nitrogen and oxygen atoms in total. The van der Waals surface area contributed by atoms with Crippen molar-refractivity contribution in [2.75, 3.05) is 45.9 Å².